The van der Waals surface area contributed by atoms with Crippen LogP contribution in [0.2, 0.25) is 5.02 Å². The second-order valence-corrected chi connectivity index (χ2v) is 6.48. The first-order valence-electron chi connectivity index (χ1n) is 7.02. The quantitative estimate of drug-likeness (QED) is 0.790. The van der Waals surface area contributed by atoms with E-state index in [1.165, 1.54) is 6.07 Å². The fraction of sp³-hybridized carbons (Fsp3) is 0.625. The molecule has 0 aromatic heterocycles. The van der Waals surface area contributed by atoms with Gasteiger partial charge in [0.25, 0.3) is 0 Å². The SMILES string of the molecule is CCNC(CCCc1c(F)cccc1Cl)C(C)(C)C. The van der Waals surface area contributed by atoms with Gasteiger partial charge in [-0.05, 0) is 43.4 Å². The van der Waals surface area contributed by atoms with Gasteiger partial charge in [0, 0.05) is 16.6 Å². The molecule has 19 heavy (non-hydrogen) atoms. The van der Waals surface area contributed by atoms with E-state index in [-0.39, 0.29) is 11.2 Å². The first kappa shape index (κ1) is 16.5. The van der Waals surface area contributed by atoms with E-state index in [0.717, 1.165) is 19.4 Å². The molecule has 0 aliphatic heterocycles. The van der Waals surface area contributed by atoms with E-state index < -0.39 is 0 Å². The van der Waals surface area contributed by atoms with Crippen molar-refractivity contribution in [3.05, 3.63) is 34.6 Å². The Morgan fingerprint density at radius 1 is 1.32 bits per heavy atom. The molecule has 108 valence electrons. The van der Waals surface area contributed by atoms with Crippen LogP contribution >= 0.6 is 11.6 Å². The Hall–Kier alpha value is -0.600. The Bertz CT molecular complexity index is 378. The fourth-order valence-electron chi connectivity index (χ4n) is 2.34. The molecule has 1 atom stereocenters. The number of nitrogens with one attached hydrogen (secondary N) is 1. The summed E-state index contributed by atoms with van der Waals surface area (Å²) in [6, 6.07) is 5.33. The van der Waals surface area contributed by atoms with E-state index in [2.05, 4.69) is 33.0 Å². The first-order chi connectivity index (χ1) is 8.86. The molecule has 1 nitrogen and oxygen atoms in total. The molecule has 0 radical (unpaired) electrons. The monoisotopic (exact) mass is 285 g/mol. The van der Waals surface area contributed by atoms with E-state index in [0.29, 0.717) is 23.0 Å². The summed E-state index contributed by atoms with van der Waals surface area (Å²) in [5.74, 6) is -0.191. The molecular formula is C16H25ClFN. The van der Waals surface area contributed by atoms with E-state index in [9.17, 15) is 4.39 Å². The molecular weight excluding hydrogens is 261 g/mol. The second kappa shape index (κ2) is 7.25. The highest BCUT2D eigenvalue weighted by atomic mass is 35.5. The van der Waals surface area contributed by atoms with Crippen LogP contribution in [-0.4, -0.2) is 12.6 Å². The summed E-state index contributed by atoms with van der Waals surface area (Å²) in [7, 11) is 0. The van der Waals surface area contributed by atoms with Gasteiger partial charge in [-0.3, -0.25) is 0 Å². The first-order valence-corrected chi connectivity index (χ1v) is 7.40. The molecule has 0 fully saturated rings. The maximum absolute atomic E-state index is 13.7. The number of rotatable bonds is 6. The highest BCUT2D eigenvalue weighted by Gasteiger charge is 2.23. The number of halogens is 2. The van der Waals surface area contributed by atoms with Gasteiger partial charge in [0.15, 0.2) is 0 Å². The summed E-state index contributed by atoms with van der Waals surface area (Å²) in [4.78, 5) is 0. The molecule has 1 N–H and O–H groups in total. The van der Waals surface area contributed by atoms with Crippen LogP contribution in [0.4, 0.5) is 4.39 Å². The average molecular weight is 286 g/mol. The third-order valence-electron chi connectivity index (χ3n) is 3.48. The van der Waals surface area contributed by atoms with Crippen molar-refractivity contribution in [3.8, 4) is 0 Å². The van der Waals surface area contributed by atoms with Gasteiger partial charge in [-0.25, -0.2) is 4.39 Å². The Kier molecular flexibility index (Phi) is 6.28. The molecule has 0 aliphatic carbocycles. The Morgan fingerprint density at radius 2 is 2.00 bits per heavy atom. The largest absolute Gasteiger partial charge is 0.314 e. The highest BCUT2D eigenvalue weighted by molar-refractivity contribution is 6.31. The van der Waals surface area contributed by atoms with Gasteiger partial charge >= 0.3 is 0 Å². The van der Waals surface area contributed by atoms with Gasteiger partial charge in [-0.1, -0.05) is 45.4 Å². The van der Waals surface area contributed by atoms with Crippen molar-refractivity contribution in [1.82, 2.24) is 5.32 Å². The van der Waals surface area contributed by atoms with Crippen molar-refractivity contribution in [2.75, 3.05) is 6.54 Å². The zero-order valence-electron chi connectivity index (χ0n) is 12.4. The molecule has 0 saturated carbocycles. The van der Waals surface area contributed by atoms with Crippen LogP contribution in [0.3, 0.4) is 0 Å². The van der Waals surface area contributed by atoms with Crippen LogP contribution in [0, 0.1) is 11.2 Å². The minimum atomic E-state index is -0.191. The van der Waals surface area contributed by atoms with Gasteiger partial charge in [0.2, 0.25) is 0 Å². The van der Waals surface area contributed by atoms with Crippen molar-refractivity contribution in [1.29, 1.82) is 0 Å². The van der Waals surface area contributed by atoms with Crippen LogP contribution in [0.5, 0.6) is 0 Å². The lowest BCUT2D eigenvalue weighted by Gasteiger charge is -2.31. The van der Waals surface area contributed by atoms with Crippen molar-refractivity contribution < 1.29 is 4.39 Å². The maximum atomic E-state index is 13.7. The molecule has 0 spiro atoms. The molecule has 0 amide bonds. The minimum Gasteiger partial charge on any atom is -0.314 e. The lowest BCUT2D eigenvalue weighted by molar-refractivity contribution is 0.254. The molecule has 1 rings (SSSR count). The van der Waals surface area contributed by atoms with Gasteiger partial charge in [-0.2, -0.15) is 0 Å². The van der Waals surface area contributed by atoms with E-state index >= 15 is 0 Å². The molecule has 1 aromatic rings. The molecule has 0 aliphatic rings. The van der Waals surface area contributed by atoms with E-state index in [4.69, 9.17) is 11.6 Å². The second-order valence-electron chi connectivity index (χ2n) is 6.07. The fourth-order valence-corrected chi connectivity index (χ4v) is 2.60. The summed E-state index contributed by atoms with van der Waals surface area (Å²) in [6.45, 7) is 9.78. The maximum Gasteiger partial charge on any atom is 0.127 e. The van der Waals surface area contributed by atoms with Crippen LogP contribution < -0.4 is 5.32 Å². The number of hydrogen-bond donors (Lipinski definition) is 1. The molecule has 1 aromatic carbocycles. The predicted molar refractivity (Wildman–Crippen MR) is 81.3 cm³/mol. The Balaban J connectivity index is 2.57. The normalized spacial score (nSPS) is 13.6. The van der Waals surface area contributed by atoms with Gasteiger partial charge in [0.1, 0.15) is 5.82 Å². The van der Waals surface area contributed by atoms with Crippen molar-refractivity contribution in [2.24, 2.45) is 5.41 Å². The van der Waals surface area contributed by atoms with Gasteiger partial charge < -0.3 is 5.32 Å². The molecule has 0 bridgehead atoms. The summed E-state index contributed by atoms with van der Waals surface area (Å²) in [5, 5.41) is 4.05. The van der Waals surface area contributed by atoms with Gasteiger partial charge in [0.05, 0.1) is 0 Å². The minimum absolute atomic E-state index is 0.191. The molecule has 1 unspecified atom stereocenters. The van der Waals surface area contributed by atoms with E-state index in [1.54, 1.807) is 12.1 Å². The van der Waals surface area contributed by atoms with Crippen LogP contribution in [0.15, 0.2) is 18.2 Å². The van der Waals surface area contributed by atoms with Crippen LogP contribution in [0.25, 0.3) is 0 Å². The van der Waals surface area contributed by atoms with Gasteiger partial charge in [-0.15, -0.1) is 0 Å². The molecule has 0 heterocycles. The number of hydrogen-bond acceptors (Lipinski definition) is 1. The third-order valence-corrected chi connectivity index (χ3v) is 3.83. The zero-order valence-corrected chi connectivity index (χ0v) is 13.1. The van der Waals surface area contributed by atoms with Crippen LogP contribution in [0.1, 0.15) is 46.1 Å². The van der Waals surface area contributed by atoms with Crippen molar-refractivity contribution in [3.63, 3.8) is 0 Å². The standard InChI is InChI=1S/C16H25ClFN/c1-5-19-15(16(2,3)4)11-6-8-12-13(17)9-7-10-14(12)18/h7,9-10,15,19H,5-6,8,11H2,1-4H3. The average Bonchev–Trinajstić information content (AvgIpc) is 2.30. The summed E-state index contributed by atoms with van der Waals surface area (Å²) in [5.41, 5.74) is 0.864. The molecule has 0 saturated heterocycles. The summed E-state index contributed by atoms with van der Waals surface area (Å²) < 4.78 is 13.7. The topological polar surface area (TPSA) is 12.0 Å². The Labute approximate surface area is 121 Å². The van der Waals surface area contributed by atoms with E-state index in [1.807, 2.05) is 0 Å². The summed E-state index contributed by atoms with van der Waals surface area (Å²) in [6.07, 6.45) is 2.67. The zero-order chi connectivity index (χ0) is 14.5. The Morgan fingerprint density at radius 3 is 2.53 bits per heavy atom. The predicted octanol–water partition coefficient (Wildman–Crippen LogP) is 4.83. The smallest absolute Gasteiger partial charge is 0.127 e. The summed E-state index contributed by atoms with van der Waals surface area (Å²) >= 11 is 6.04. The van der Waals surface area contributed by atoms with Crippen LogP contribution in [-0.2, 0) is 6.42 Å². The third kappa shape index (κ3) is 5.12. The molecule has 3 heteroatoms. The lowest BCUT2D eigenvalue weighted by Crippen LogP contribution is -2.40. The lowest BCUT2D eigenvalue weighted by atomic mass is 9.83. The van der Waals surface area contributed by atoms with Crippen molar-refractivity contribution in [2.45, 2.75) is 53.0 Å². The number of benzene rings is 1. The van der Waals surface area contributed by atoms with Crippen molar-refractivity contribution >= 4 is 11.6 Å². The highest BCUT2D eigenvalue weighted by Crippen LogP contribution is 2.25.